The van der Waals surface area contributed by atoms with Gasteiger partial charge in [0.1, 0.15) is 11.2 Å². The molecule has 1 aromatic carbocycles. The molecule has 0 fully saturated rings. The molecule has 3 rings (SSSR count). The van der Waals surface area contributed by atoms with Crippen LogP contribution in [0, 0.1) is 0 Å². The van der Waals surface area contributed by atoms with Gasteiger partial charge >= 0.3 is 5.97 Å². The summed E-state index contributed by atoms with van der Waals surface area (Å²) in [5.41, 5.74) is 0.302. The normalized spacial score (nSPS) is 11.0. The van der Waals surface area contributed by atoms with Crippen LogP contribution in [0.5, 0.6) is 0 Å². The fourth-order valence-corrected chi connectivity index (χ4v) is 2.60. The SMILES string of the molecule is CCOC(=O)c1cn(CC)c2ncc3ccccc3c2c1=O. The van der Waals surface area contributed by atoms with Gasteiger partial charge in [0.2, 0.25) is 5.43 Å². The van der Waals surface area contributed by atoms with Crippen molar-refractivity contribution in [3.63, 3.8) is 0 Å². The van der Waals surface area contributed by atoms with Crippen molar-refractivity contribution in [3.05, 3.63) is 52.4 Å². The minimum Gasteiger partial charge on any atom is -0.462 e. The Morgan fingerprint density at radius 2 is 2.05 bits per heavy atom. The first-order valence-corrected chi connectivity index (χ1v) is 7.25. The maximum atomic E-state index is 12.8. The molecule has 0 bridgehead atoms. The lowest BCUT2D eigenvalue weighted by Gasteiger charge is -2.11. The number of hydrogen-bond acceptors (Lipinski definition) is 4. The summed E-state index contributed by atoms with van der Waals surface area (Å²) in [4.78, 5) is 29.2. The lowest BCUT2D eigenvalue weighted by atomic mass is 10.1. The second-order valence-corrected chi connectivity index (χ2v) is 4.92. The zero-order chi connectivity index (χ0) is 15.7. The molecule has 3 aromatic rings. The summed E-state index contributed by atoms with van der Waals surface area (Å²) in [6.45, 7) is 4.49. The smallest absolute Gasteiger partial charge is 0.343 e. The van der Waals surface area contributed by atoms with Crippen LogP contribution in [0.3, 0.4) is 0 Å². The van der Waals surface area contributed by atoms with Gasteiger partial charge in [0.05, 0.1) is 12.0 Å². The first-order chi connectivity index (χ1) is 10.7. The van der Waals surface area contributed by atoms with Gasteiger partial charge in [-0.25, -0.2) is 9.78 Å². The molecular weight excluding hydrogens is 280 g/mol. The van der Waals surface area contributed by atoms with Crippen LogP contribution >= 0.6 is 0 Å². The molecule has 0 spiro atoms. The minimum atomic E-state index is -0.593. The first-order valence-electron chi connectivity index (χ1n) is 7.25. The second-order valence-electron chi connectivity index (χ2n) is 4.92. The van der Waals surface area contributed by atoms with Gasteiger partial charge in [-0.15, -0.1) is 0 Å². The van der Waals surface area contributed by atoms with Crippen molar-refractivity contribution in [1.29, 1.82) is 0 Å². The van der Waals surface area contributed by atoms with Crippen molar-refractivity contribution < 1.29 is 9.53 Å². The average Bonchev–Trinajstić information content (AvgIpc) is 2.55. The second kappa shape index (κ2) is 5.60. The van der Waals surface area contributed by atoms with Crippen molar-refractivity contribution >= 4 is 27.8 Å². The third-order valence-corrected chi connectivity index (χ3v) is 3.64. The summed E-state index contributed by atoms with van der Waals surface area (Å²) in [6.07, 6.45) is 3.28. The number of esters is 1. The number of aromatic nitrogens is 2. The molecule has 0 N–H and O–H groups in total. The molecule has 0 saturated heterocycles. The number of carbonyl (C=O) groups excluding carboxylic acids is 1. The van der Waals surface area contributed by atoms with Crippen LogP contribution in [0.1, 0.15) is 24.2 Å². The fraction of sp³-hybridized carbons (Fsp3) is 0.235. The molecule has 0 atom stereocenters. The lowest BCUT2D eigenvalue weighted by molar-refractivity contribution is 0.0524. The van der Waals surface area contributed by atoms with E-state index in [1.54, 1.807) is 17.7 Å². The highest BCUT2D eigenvalue weighted by Crippen LogP contribution is 2.21. The van der Waals surface area contributed by atoms with Gasteiger partial charge < -0.3 is 9.30 Å². The van der Waals surface area contributed by atoms with E-state index in [-0.39, 0.29) is 17.6 Å². The Morgan fingerprint density at radius 3 is 2.77 bits per heavy atom. The fourth-order valence-electron chi connectivity index (χ4n) is 2.60. The average molecular weight is 296 g/mol. The summed E-state index contributed by atoms with van der Waals surface area (Å²) < 4.78 is 6.80. The van der Waals surface area contributed by atoms with Gasteiger partial charge in [0.15, 0.2) is 0 Å². The number of hydrogen-bond donors (Lipinski definition) is 0. The van der Waals surface area contributed by atoms with Crippen molar-refractivity contribution in [2.45, 2.75) is 20.4 Å². The van der Waals surface area contributed by atoms with Crippen LogP contribution in [0.15, 0.2) is 41.5 Å². The monoisotopic (exact) mass is 296 g/mol. The molecule has 22 heavy (non-hydrogen) atoms. The van der Waals surface area contributed by atoms with Crippen molar-refractivity contribution in [3.8, 4) is 0 Å². The number of fused-ring (bicyclic) bond motifs is 3. The Kier molecular flexibility index (Phi) is 3.63. The molecule has 0 aliphatic rings. The summed E-state index contributed by atoms with van der Waals surface area (Å²) in [7, 11) is 0. The predicted molar refractivity (Wildman–Crippen MR) is 85.1 cm³/mol. The number of benzene rings is 1. The van der Waals surface area contributed by atoms with E-state index in [0.717, 1.165) is 10.8 Å². The van der Waals surface area contributed by atoms with E-state index in [0.29, 0.717) is 17.6 Å². The van der Waals surface area contributed by atoms with Crippen LogP contribution in [0.4, 0.5) is 0 Å². The predicted octanol–water partition coefficient (Wildman–Crippen LogP) is 2.75. The van der Waals surface area contributed by atoms with E-state index in [1.165, 1.54) is 6.20 Å². The number of carbonyl (C=O) groups is 1. The van der Waals surface area contributed by atoms with E-state index >= 15 is 0 Å². The molecule has 112 valence electrons. The van der Waals surface area contributed by atoms with Crippen LogP contribution in [0.2, 0.25) is 0 Å². The molecule has 0 radical (unpaired) electrons. The Bertz CT molecular complexity index is 928. The number of aryl methyl sites for hydroxylation is 1. The van der Waals surface area contributed by atoms with Gasteiger partial charge in [0.25, 0.3) is 0 Å². The van der Waals surface area contributed by atoms with Gasteiger partial charge in [-0.2, -0.15) is 0 Å². The number of ether oxygens (including phenoxy) is 1. The van der Waals surface area contributed by atoms with Crippen LogP contribution < -0.4 is 5.43 Å². The van der Waals surface area contributed by atoms with Gasteiger partial charge in [-0.05, 0) is 19.2 Å². The van der Waals surface area contributed by atoms with Crippen molar-refractivity contribution in [1.82, 2.24) is 9.55 Å². The molecule has 2 heterocycles. The van der Waals surface area contributed by atoms with Crippen LogP contribution in [-0.4, -0.2) is 22.1 Å². The molecule has 0 aliphatic carbocycles. The zero-order valence-electron chi connectivity index (χ0n) is 12.5. The van der Waals surface area contributed by atoms with Crippen molar-refractivity contribution in [2.24, 2.45) is 0 Å². The summed E-state index contributed by atoms with van der Waals surface area (Å²) in [5, 5.41) is 2.13. The highest BCUT2D eigenvalue weighted by atomic mass is 16.5. The first kappa shape index (κ1) is 14.3. The Hall–Kier alpha value is -2.69. The molecule has 0 aliphatic heterocycles. The lowest BCUT2D eigenvalue weighted by Crippen LogP contribution is -2.21. The van der Waals surface area contributed by atoms with E-state index in [2.05, 4.69) is 4.98 Å². The molecule has 5 heteroatoms. The number of pyridine rings is 2. The Balaban J connectivity index is 2.46. The van der Waals surface area contributed by atoms with E-state index in [9.17, 15) is 9.59 Å². The molecular formula is C17H16N2O3. The highest BCUT2D eigenvalue weighted by molar-refractivity contribution is 6.06. The standard InChI is InChI=1S/C17H16N2O3/c1-3-19-10-13(17(21)22-4-2)15(20)14-12-8-6-5-7-11(12)9-18-16(14)19/h5-10H,3-4H2,1-2H3. The number of rotatable bonds is 3. The van der Waals surface area contributed by atoms with Gasteiger partial charge in [0, 0.05) is 24.3 Å². The van der Waals surface area contributed by atoms with Crippen molar-refractivity contribution in [2.75, 3.05) is 6.61 Å². The topological polar surface area (TPSA) is 61.2 Å². The molecule has 0 saturated carbocycles. The minimum absolute atomic E-state index is 0.0503. The van der Waals surface area contributed by atoms with E-state index in [1.807, 2.05) is 31.2 Å². The van der Waals surface area contributed by atoms with Gasteiger partial charge in [-0.1, -0.05) is 24.3 Å². The van der Waals surface area contributed by atoms with Crippen LogP contribution in [-0.2, 0) is 11.3 Å². The number of nitrogens with zero attached hydrogens (tertiary/aromatic N) is 2. The van der Waals surface area contributed by atoms with Crippen LogP contribution in [0.25, 0.3) is 21.8 Å². The molecule has 2 aromatic heterocycles. The molecule has 0 amide bonds. The van der Waals surface area contributed by atoms with Gasteiger partial charge in [-0.3, -0.25) is 4.79 Å². The molecule has 5 nitrogen and oxygen atoms in total. The quantitative estimate of drug-likeness (QED) is 0.551. The maximum Gasteiger partial charge on any atom is 0.343 e. The van der Waals surface area contributed by atoms with E-state index < -0.39 is 5.97 Å². The third kappa shape index (κ3) is 2.15. The zero-order valence-corrected chi connectivity index (χ0v) is 12.5. The summed E-state index contributed by atoms with van der Waals surface area (Å²) >= 11 is 0. The van der Waals surface area contributed by atoms with E-state index in [4.69, 9.17) is 4.74 Å². The molecule has 0 unspecified atom stereocenters. The highest BCUT2D eigenvalue weighted by Gasteiger charge is 2.18. The summed E-state index contributed by atoms with van der Waals surface area (Å²) in [6, 6.07) is 7.53. The third-order valence-electron chi connectivity index (χ3n) is 3.64. The Morgan fingerprint density at radius 1 is 1.27 bits per heavy atom. The summed E-state index contributed by atoms with van der Waals surface area (Å²) in [5.74, 6) is -0.593. The largest absolute Gasteiger partial charge is 0.462 e. The maximum absolute atomic E-state index is 12.8. The Labute approximate surface area is 127 Å².